The van der Waals surface area contributed by atoms with Gasteiger partial charge in [-0.25, -0.2) is 4.79 Å². The molecule has 9 nitrogen and oxygen atoms in total. The summed E-state index contributed by atoms with van der Waals surface area (Å²) in [6.07, 6.45) is 1.69. The number of benzene rings is 1. The maximum atomic E-state index is 12.9. The Hall–Kier alpha value is -2.94. The molecule has 1 aromatic carbocycles. The molecule has 2 rings (SSSR count). The maximum Gasteiger partial charge on any atom is 0.326 e. The number of likely N-dealkylation sites (tertiary alicyclic amines) is 1. The second-order valence-electron chi connectivity index (χ2n) is 8.75. The molecule has 1 aliphatic heterocycles. The molecule has 3 amide bonds. The van der Waals surface area contributed by atoms with E-state index in [9.17, 15) is 24.3 Å². The number of hydrogen-bond donors (Lipinski definition) is 4. The van der Waals surface area contributed by atoms with Crippen LogP contribution in [-0.4, -0.2) is 64.4 Å². The van der Waals surface area contributed by atoms with Gasteiger partial charge in [0.2, 0.25) is 17.7 Å². The van der Waals surface area contributed by atoms with Crippen molar-refractivity contribution in [2.24, 2.45) is 11.7 Å². The van der Waals surface area contributed by atoms with Crippen molar-refractivity contribution in [3.8, 4) is 0 Å². The number of aliphatic carboxylic acids is 1. The first-order valence-electron chi connectivity index (χ1n) is 11.0. The highest BCUT2D eigenvalue weighted by Gasteiger charge is 2.38. The van der Waals surface area contributed by atoms with Crippen molar-refractivity contribution in [1.29, 1.82) is 0 Å². The van der Waals surface area contributed by atoms with Gasteiger partial charge in [0.1, 0.15) is 18.1 Å². The molecule has 0 saturated carbocycles. The highest BCUT2D eigenvalue weighted by atomic mass is 16.4. The number of nitrogens with one attached hydrogen (secondary N) is 2. The summed E-state index contributed by atoms with van der Waals surface area (Å²) in [5.74, 6) is -2.20. The van der Waals surface area contributed by atoms with Crippen LogP contribution < -0.4 is 16.4 Å². The molecule has 4 atom stereocenters. The monoisotopic (exact) mass is 446 g/mol. The van der Waals surface area contributed by atoms with Crippen LogP contribution in [0.4, 0.5) is 0 Å². The van der Waals surface area contributed by atoms with E-state index in [1.54, 1.807) is 31.2 Å². The number of carbonyl (C=O) groups excluding carboxylic acids is 3. The Bertz CT molecular complexity index is 814. The predicted molar refractivity (Wildman–Crippen MR) is 119 cm³/mol. The SMILES string of the molecule is CC(C)CC(N)C(=O)NC(C)C(=O)N1CCCC1C(=O)NC(Cc1ccccc1)C(=O)O. The minimum Gasteiger partial charge on any atom is -0.480 e. The van der Waals surface area contributed by atoms with Gasteiger partial charge in [0.15, 0.2) is 0 Å². The number of amides is 3. The summed E-state index contributed by atoms with van der Waals surface area (Å²) >= 11 is 0. The van der Waals surface area contributed by atoms with Gasteiger partial charge >= 0.3 is 5.97 Å². The number of rotatable bonds is 10. The predicted octanol–water partition coefficient (Wildman–Crippen LogP) is 0.668. The van der Waals surface area contributed by atoms with Crippen molar-refractivity contribution < 1.29 is 24.3 Å². The van der Waals surface area contributed by atoms with Gasteiger partial charge in [0.05, 0.1) is 6.04 Å². The van der Waals surface area contributed by atoms with E-state index >= 15 is 0 Å². The number of carboxylic acids is 1. The van der Waals surface area contributed by atoms with Crippen LogP contribution in [0, 0.1) is 5.92 Å². The number of nitrogens with zero attached hydrogens (tertiary/aromatic N) is 1. The van der Waals surface area contributed by atoms with Crippen molar-refractivity contribution in [1.82, 2.24) is 15.5 Å². The van der Waals surface area contributed by atoms with Gasteiger partial charge in [0, 0.05) is 13.0 Å². The molecule has 32 heavy (non-hydrogen) atoms. The van der Waals surface area contributed by atoms with Crippen LogP contribution in [0.5, 0.6) is 0 Å². The Balaban J connectivity index is 2.00. The van der Waals surface area contributed by atoms with Gasteiger partial charge in [-0.1, -0.05) is 44.2 Å². The molecule has 0 aliphatic carbocycles. The smallest absolute Gasteiger partial charge is 0.326 e. The third kappa shape index (κ3) is 7.05. The van der Waals surface area contributed by atoms with Crippen LogP contribution in [-0.2, 0) is 25.6 Å². The van der Waals surface area contributed by atoms with Crippen LogP contribution in [0.25, 0.3) is 0 Å². The largest absolute Gasteiger partial charge is 0.480 e. The van der Waals surface area contributed by atoms with E-state index in [1.165, 1.54) is 4.90 Å². The standard InChI is InChI=1S/C23H34N4O5/c1-14(2)12-17(24)20(28)25-15(3)22(30)27-11-7-10-19(27)21(29)26-18(23(31)32)13-16-8-5-4-6-9-16/h4-6,8-9,14-15,17-19H,7,10-13,24H2,1-3H3,(H,25,28)(H,26,29)(H,31,32). The van der Waals surface area contributed by atoms with Crippen molar-refractivity contribution in [3.63, 3.8) is 0 Å². The highest BCUT2D eigenvalue weighted by molar-refractivity contribution is 5.94. The summed E-state index contributed by atoms with van der Waals surface area (Å²) < 4.78 is 0. The molecule has 0 bridgehead atoms. The first kappa shape index (κ1) is 25.3. The van der Waals surface area contributed by atoms with E-state index in [4.69, 9.17) is 5.73 Å². The van der Waals surface area contributed by atoms with Crippen LogP contribution in [0.15, 0.2) is 30.3 Å². The summed E-state index contributed by atoms with van der Waals surface area (Å²) in [6, 6.07) is 5.59. The first-order chi connectivity index (χ1) is 15.1. The molecule has 4 unspecified atom stereocenters. The highest BCUT2D eigenvalue weighted by Crippen LogP contribution is 2.19. The lowest BCUT2D eigenvalue weighted by Gasteiger charge is -2.28. The van der Waals surface area contributed by atoms with E-state index in [2.05, 4.69) is 10.6 Å². The number of carbonyl (C=O) groups is 4. The lowest BCUT2D eigenvalue weighted by Crippen LogP contribution is -2.56. The van der Waals surface area contributed by atoms with Crippen molar-refractivity contribution in [2.75, 3.05) is 6.54 Å². The summed E-state index contributed by atoms with van der Waals surface area (Å²) in [4.78, 5) is 51.2. The van der Waals surface area contributed by atoms with Gasteiger partial charge in [-0.05, 0) is 37.7 Å². The third-order valence-corrected chi connectivity index (χ3v) is 5.53. The van der Waals surface area contributed by atoms with Gasteiger partial charge in [-0.2, -0.15) is 0 Å². The fraction of sp³-hybridized carbons (Fsp3) is 0.565. The Morgan fingerprint density at radius 3 is 2.38 bits per heavy atom. The van der Waals surface area contributed by atoms with Crippen LogP contribution in [0.2, 0.25) is 0 Å². The topological polar surface area (TPSA) is 142 Å². The van der Waals surface area contributed by atoms with E-state index in [1.807, 2.05) is 19.9 Å². The maximum absolute atomic E-state index is 12.9. The van der Waals surface area contributed by atoms with Crippen molar-refractivity contribution >= 4 is 23.7 Å². The zero-order chi connectivity index (χ0) is 23.8. The molecule has 1 aromatic rings. The Morgan fingerprint density at radius 2 is 1.78 bits per heavy atom. The molecule has 1 heterocycles. The van der Waals surface area contributed by atoms with Crippen molar-refractivity contribution in [3.05, 3.63) is 35.9 Å². The number of nitrogens with two attached hydrogens (primary N) is 1. The molecule has 5 N–H and O–H groups in total. The molecule has 176 valence electrons. The minimum atomic E-state index is -1.14. The van der Waals surface area contributed by atoms with Gasteiger partial charge in [-0.15, -0.1) is 0 Å². The average molecular weight is 447 g/mol. The molecular formula is C23H34N4O5. The summed E-state index contributed by atoms with van der Waals surface area (Å²) in [5, 5.41) is 14.8. The second-order valence-corrected chi connectivity index (χ2v) is 8.75. The van der Waals surface area contributed by atoms with E-state index in [0.29, 0.717) is 25.8 Å². The molecule has 1 saturated heterocycles. The van der Waals surface area contributed by atoms with Crippen LogP contribution in [0.1, 0.15) is 45.6 Å². The summed E-state index contributed by atoms with van der Waals surface area (Å²) in [6.45, 7) is 5.84. The van der Waals surface area contributed by atoms with Gasteiger partial charge < -0.3 is 26.4 Å². The Morgan fingerprint density at radius 1 is 1.12 bits per heavy atom. The fourth-order valence-electron chi connectivity index (χ4n) is 3.87. The van der Waals surface area contributed by atoms with E-state index in [-0.39, 0.29) is 18.2 Å². The fourth-order valence-corrected chi connectivity index (χ4v) is 3.87. The van der Waals surface area contributed by atoms with Crippen molar-refractivity contribution in [2.45, 2.75) is 70.6 Å². The first-order valence-corrected chi connectivity index (χ1v) is 11.0. The molecular weight excluding hydrogens is 412 g/mol. The quantitative estimate of drug-likeness (QED) is 0.416. The Labute approximate surface area is 188 Å². The summed E-state index contributed by atoms with van der Waals surface area (Å²) in [7, 11) is 0. The zero-order valence-electron chi connectivity index (χ0n) is 18.9. The van der Waals surface area contributed by atoms with Gasteiger partial charge in [0.25, 0.3) is 0 Å². The van der Waals surface area contributed by atoms with Crippen LogP contribution in [0.3, 0.4) is 0 Å². The number of carboxylic acid groups (broad SMARTS) is 1. The Kier molecular flexibility index (Phi) is 9.19. The lowest BCUT2D eigenvalue weighted by molar-refractivity contribution is -0.144. The molecule has 9 heteroatoms. The van der Waals surface area contributed by atoms with E-state index < -0.39 is 42.0 Å². The molecule has 1 aliphatic rings. The molecule has 0 radical (unpaired) electrons. The van der Waals surface area contributed by atoms with Gasteiger partial charge in [-0.3, -0.25) is 14.4 Å². The second kappa shape index (κ2) is 11.6. The lowest BCUT2D eigenvalue weighted by atomic mass is 10.0. The molecule has 1 fully saturated rings. The molecule has 0 aromatic heterocycles. The summed E-state index contributed by atoms with van der Waals surface area (Å²) in [5.41, 5.74) is 6.67. The van der Waals surface area contributed by atoms with E-state index in [0.717, 1.165) is 5.56 Å². The minimum absolute atomic E-state index is 0.142. The van der Waals surface area contributed by atoms with Crippen LogP contribution >= 0.6 is 0 Å². The third-order valence-electron chi connectivity index (χ3n) is 5.53. The number of hydrogen-bond acceptors (Lipinski definition) is 5. The molecule has 0 spiro atoms. The zero-order valence-corrected chi connectivity index (χ0v) is 18.9. The normalized spacial score (nSPS) is 18.7. The average Bonchev–Trinajstić information content (AvgIpc) is 3.22.